The second kappa shape index (κ2) is 9.84. The molecule has 1 aliphatic heterocycles. The van der Waals surface area contributed by atoms with Crippen molar-refractivity contribution in [3.63, 3.8) is 0 Å². The van der Waals surface area contributed by atoms with Gasteiger partial charge >= 0.3 is 0 Å². The molecule has 1 unspecified atom stereocenters. The number of hydrogen-bond donors (Lipinski definition) is 0. The molecule has 4 rings (SSSR count). The Morgan fingerprint density at radius 2 is 1.97 bits per heavy atom. The first-order chi connectivity index (χ1) is 15.8. The van der Waals surface area contributed by atoms with Crippen molar-refractivity contribution in [1.29, 1.82) is 0 Å². The minimum absolute atomic E-state index is 0.114. The van der Waals surface area contributed by atoms with Gasteiger partial charge < -0.3 is 4.74 Å². The first-order valence-corrected chi connectivity index (χ1v) is 13.2. The van der Waals surface area contributed by atoms with Crippen LogP contribution in [0.15, 0.2) is 47.4 Å². The number of rotatable bonds is 8. The maximum Gasteiger partial charge on any atom is 0.263 e. The molecule has 0 saturated carbocycles. The number of fused-ring (bicyclic) bond motifs is 1. The summed E-state index contributed by atoms with van der Waals surface area (Å²) < 4.78 is 48.7. The molecule has 176 valence electrons. The van der Waals surface area contributed by atoms with Crippen LogP contribution in [0.2, 0.25) is 0 Å². The zero-order valence-electron chi connectivity index (χ0n) is 18.5. The highest BCUT2D eigenvalue weighted by Crippen LogP contribution is 2.31. The number of benzene rings is 2. The van der Waals surface area contributed by atoms with Gasteiger partial charge in [0.1, 0.15) is 5.82 Å². The van der Waals surface area contributed by atoms with Gasteiger partial charge in [-0.3, -0.25) is 9.69 Å². The largest absolute Gasteiger partial charge is 0.376 e. The topological polar surface area (TPSA) is 79.8 Å². The maximum absolute atomic E-state index is 14.9. The minimum atomic E-state index is -3.85. The molecule has 0 aliphatic carbocycles. The van der Waals surface area contributed by atoms with Gasteiger partial charge in [0, 0.05) is 19.7 Å². The molecule has 1 amide bonds. The van der Waals surface area contributed by atoms with Crippen LogP contribution in [0.5, 0.6) is 0 Å². The fourth-order valence-corrected chi connectivity index (χ4v) is 6.36. The van der Waals surface area contributed by atoms with Gasteiger partial charge in [-0.15, -0.1) is 0 Å². The number of halogens is 1. The van der Waals surface area contributed by atoms with Crippen molar-refractivity contribution in [3.8, 4) is 0 Å². The Labute approximate surface area is 196 Å². The number of ether oxygens (including phenoxy) is 1. The van der Waals surface area contributed by atoms with E-state index in [1.54, 1.807) is 13.8 Å². The smallest absolute Gasteiger partial charge is 0.263 e. The van der Waals surface area contributed by atoms with E-state index in [0.717, 1.165) is 35.2 Å². The van der Waals surface area contributed by atoms with E-state index in [0.29, 0.717) is 11.7 Å². The molecule has 0 bridgehead atoms. The van der Waals surface area contributed by atoms with Crippen LogP contribution in [-0.2, 0) is 14.8 Å². The Morgan fingerprint density at radius 3 is 2.64 bits per heavy atom. The molecule has 10 heteroatoms. The number of anilines is 1. The molecular weight excluding hydrogens is 465 g/mol. The van der Waals surface area contributed by atoms with E-state index in [9.17, 15) is 17.6 Å². The van der Waals surface area contributed by atoms with E-state index < -0.39 is 21.7 Å². The van der Waals surface area contributed by atoms with E-state index >= 15 is 0 Å². The van der Waals surface area contributed by atoms with Crippen molar-refractivity contribution >= 4 is 42.6 Å². The van der Waals surface area contributed by atoms with Gasteiger partial charge in [0.05, 0.1) is 33.3 Å². The highest BCUT2D eigenvalue weighted by atomic mass is 32.2. The highest BCUT2D eigenvalue weighted by Gasteiger charge is 2.30. The van der Waals surface area contributed by atoms with Crippen LogP contribution >= 0.6 is 11.3 Å². The van der Waals surface area contributed by atoms with Crippen LogP contribution in [0.4, 0.5) is 9.52 Å². The Hall–Kier alpha value is -2.40. The van der Waals surface area contributed by atoms with E-state index in [1.807, 2.05) is 24.3 Å². The third kappa shape index (κ3) is 4.79. The van der Waals surface area contributed by atoms with Gasteiger partial charge in [-0.2, -0.15) is 4.31 Å². The van der Waals surface area contributed by atoms with Crippen LogP contribution in [0.1, 0.15) is 37.0 Å². The van der Waals surface area contributed by atoms with Gasteiger partial charge in [0.15, 0.2) is 5.13 Å². The second-order valence-electron chi connectivity index (χ2n) is 7.75. The van der Waals surface area contributed by atoms with Crippen LogP contribution in [-0.4, -0.2) is 56.0 Å². The lowest BCUT2D eigenvalue weighted by molar-refractivity contribution is 0.0914. The normalized spacial score (nSPS) is 16.5. The molecular formula is C23H26FN3O4S2. The van der Waals surface area contributed by atoms with E-state index in [1.165, 1.54) is 26.6 Å². The van der Waals surface area contributed by atoms with Crippen LogP contribution < -0.4 is 4.90 Å². The van der Waals surface area contributed by atoms with Gasteiger partial charge in [-0.1, -0.05) is 37.3 Å². The molecule has 2 aromatic carbocycles. The molecule has 1 saturated heterocycles. The molecule has 2 heterocycles. The molecule has 7 nitrogen and oxygen atoms in total. The lowest BCUT2D eigenvalue weighted by Crippen LogP contribution is -2.38. The fourth-order valence-electron chi connectivity index (χ4n) is 3.90. The van der Waals surface area contributed by atoms with Gasteiger partial charge in [0.25, 0.3) is 5.91 Å². The summed E-state index contributed by atoms with van der Waals surface area (Å²) in [7, 11) is -3.85. The summed E-state index contributed by atoms with van der Waals surface area (Å²) in [4.78, 5) is 19.5. The van der Waals surface area contributed by atoms with Crippen molar-refractivity contribution in [2.75, 3.05) is 31.1 Å². The van der Waals surface area contributed by atoms with Crippen molar-refractivity contribution in [3.05, 3.63) is 53.8 Å². The SMILES string of the molecule is CCN(CC)S(=O)(=O)c1ccc(F)c(C(=O)N(CC2CCCO2)c2nc3ccccc3s2)c1. The summed E-state index contributed by atoms with van der Waals surface area (Å²) in [6, 6.07) is 10.9. The van der Waals surface area contributed by atoms with Gasteiger partial charge in [0.2, 0.25) is 10.0 Å². The van der Waals surface area contributed by atoms with Crippen molar-refractivity contribution in [2.45, 2.75) is 37.7 Å². The maximum atomic E-state index is 14.9. The minimum Gasteiger partial charge on any atom is -0.376 e. The number of para-hydroxylation sites is 1. The van der Waals surface area contributed by atoms with Crippen molar-refractivity contribution in [1.82, 2.24) is 9.29 Å². The molecule has 33 heavy (non-hydrogen) atoms. The third-order valence-electron chi connectivity index (χ3n) is 5.68. The average molecular weight is 492 g/mol. The Kier molecular flexibility index (Phi) is 7.08. The number of aromatic nitrogens is 1. The van der Waals surface area contributed by atoms with E-state index in [4.69, 9.17) is 4.74 Å². The van der Waals surface area contributed by atoms with Crippen molar-refractivity contribution < 1.29 is 22.3 Å². The Balaban J connectivity index is 1.75. The molecule has 1 aliphatic rings. The third-order valence-corrected chi connectivity index (χ3v) is 8.79. The van der Waals surface area contributed by atoms with Crippen LogP contribution in [0.3, 0.4) is 0 Å². The summed E-state index contributed by atoms with van der Waals surface area (Å²) in [6.07, 6.45) is 1.48. The molecule has 1 fully saturated rings. The Morgan fingerprint density at radius 1 is 1.21 bits per heavy atom. The molecule has 0 radical (unpaired) electrons. The highest BCUT2D eigenvalue weighted by molar-refractivity contribution is 7.89. The van der Waals surface area contributed by atoms with E-state index in [2.05, 4.69) is 4.98 Å². The summed E-state index contributed by atoms with van der Waals surface area (Å²) in [5.41, 5.74) is 0.432. The van der Waals surface area contributed by atoms with E-state index in [-0.39, 0.29) is 36.2 Å². The lowest BCUT2D eigenvalue weighted by atomic mass is 10.1. The molecule has 0 N–H and O–H groups in total. The summed E-state index contributed by atoms with van der Waals surface area (Å²) >= 11 is 1.33. The zero-order chi connectivity index (χ0) is 23.6. The number of thiazole rings is 1. The number of nitrogens with zero attached hydrogens (tertiary/aromatic N) is 3. The monoisotopic (exact) mass is 491 g/mol. The molecule has 1 atom stereocenters. The molecule has 0 spiro atoms. The number of carbonyl (C=O) groups is 1. The van der Waals surface area contributed by atoms with Gasteiger partial charge in [-0.25, -0.2) is 17.8 Å². The molecule has 1 aromatic heterocycles. The quantitative estimate of drug-likeness (QED) is 0.470. The number of hydrogen-bond acceptors (Lipinski definition) is 6. The molecule has 3 aromatic rings. The Bertz CT molecular complexity index is 1220. The van der Waals surface area contributed by atoms with Crippen LogP contribution in [0, 0.1) is 5.82 Å². The first-order valence-electron chi connectivity index (χ1n) is 10.9. The fraction of sp³-hybridized carbons (Fsp3) is 0.391. The summed E-state index contributed by atoms with van der Waals surface area (Å²) in [5, 5.41) is 0.424. The van der Waals surface area contributed by atoms with Crippen LogP contribution in [0.25, 0.3) is 10.2 Å². The second-order valence-corrected chi connectivity index (χ2v) is 10.7. The summed E-state index contributed by atoms with van der Waals surface area (Å²) in [5.74, 6) is -1.42. The van der Waals surface area contributed by atoms with Gasteiger partial charge in [-0.05, 0) is 43.2 Å². The van der Waals surface area contributed by atoms with Crippen molar-refractivity contribution in [2.24, 2.45) is 0 Å². The zero-order valence-corrected chi connectivity index (χ0v) is 20.2. The summed E-state index contributed by atoms with van der Waals surface area (Å²) in [6.45, 7) is 4.83. The standard InChI is InChI=1S/C23H26FN3O4S2/c1-3-26(4-2)33(29,30)17-11-12-19(24)18(14-17)22(28)27(15-16-8-7-13-31-16)23-25-20-9-5-6-10-21(20)32-23/h5-6,9-12,14,16H,3-4,7-8,13,15H2,1-2H3. The average Bonchev–Trinajstić information content (AvgIpc) is 3.47. The number of carbonyl (C=O) groups excluding carboxylic acids is 1. The number of sulfonamides is 1. The predicted octanol–water partition coefficient (Wildman–Crippen LogP) is 4.29. The lowest BCUT2D eigenvalue weighted by Gasteiger charge is -2.24. The predicted molar refractivity (Wildman–Crippen MR) is 127 cm³/mol. The number of amides is 1. The first kappa shape index (κ1) is 23.7.